The molecule has 1 unspecified atom stereocenters. The van der Waals surface area contributed by atoms with Gasteiger partial charge in [-0.05, 0) is 41.5 Å². The topological polar surface area (TPSA) is 12.0 Å². The Morgan fingerprint density at radius 2 is 2.06 bits per heavy atom. The van der Waals surface area contributed by atoms with E-state index in [1.807, 2.05) is 6.07 Å². The summed E-state index contributed by atoms with van der Waals surface area (Å²) >= 11 is 19.0. The molecule has 2 heterocycles. The standard InChI is InChI=1S/C12H12BrCl2NS2/c1-3-16-11(7-4-10(14)18-12(7)15)9-5-8(13)6(2)17-9/h4-5,11,16H,3H2,1-2H3. The maximum atomic E-state index is 6.26. The summed E-state index contributed by atoms with van der Waals surface area (Å²) in [7, 11) is 0. The van der Waals surface area contributed by atoms with Crippen LogP contribution in [0.2, 0.25) is 8.67 Å². The molecule has 1 nitrogen and oxygen atoms in total. The Morgan fingerprint density at radius 1 is 1.33 bits per heavy atom. The van der Waals surface area contributed by atoms with Gasteiger partial charge in [-0.2, -0.15) is 0 Å². The molecule has 0 spiro atoms. The lowest BCUT2D eigenvalue weighted by Gasteiger charge is -2.15. The molecular formula is C12H12BrCl2NS2. The van der Waals surface area contributed by atoms with Gasteiger partial charge >= 0.3 is 0 Å². The first-order chi connectivity index (χ1) is 8.52. The maximum Gasteiger partial charge on any atom is 0.0995 e. The molecule has 0 amide bonds. The van der Waals surface area contributed by atoms with Crippen LogP contribution in [0, 0.1) is 6.92 Å². The second-order valence-electron chi connectivity index (χ2n) is 3.82. The molecule has 0 aliphatic carbocycles. The van der Waals surface area contributed by atoms with Crippen molar-refractivity contribution in [3.05, 3.63) is 40.6 Å². The van der Waals surface area contributed by atoms with Gasteiger partial charge in [0.05, 0.1) is 14.7 Å². The Bertz CT molecular complexity index is 531. The van der Waals surface area contributed by atoms with Gasteiger partial charge in [-0.25, -0.2) is 0 Å². The monoisotopic (exact) mass is 383 g/mol. The van der Waals surface area contributed by atoms with E-state index in [0.717, 1.165) is 25.3 Å². The Labute approximate surface area is 133 Å². The number of halogens is 3. The summed E-state index contributed by atoms with van der Waals surface area (Å²) in [6.07, 6.45) is 0. The van der Waals surface area contributed by atoms with Crippen LogP contribution in [0.5, 0.6) is 0 Å². The van der Waals surface area contributed by atoms with Crippen molar-refractivity contribution in [3.8, 4) is 0 Å². The molecule has 2 rings (SSSR count). The molecule has 0 bridgehead atoms. The summed E-state index contributed by atoms with van der Waals surface area (Å²) in [5, 5.41) is 3.46. The van der Waals surface area contributed by atoms with E-state index in [2.05, 4.69) is 41.2 Å². The molecule has 2 aromatic rings. The van der Waals surface area contributed by atoms with E-state index in [9.17, 15) is 0 Å². The van der Waals surface area contributed by atoms with Crippen LogP contribution in [0.1, 0.15) is 28.3 Å². The zero-order chi connectivity index (χ0) is 13.3. The Morgan fingerprint density at radius 3 is 2.50 bits per heavy atom. The number of thiophene rings is 2. The fraction of sp³-hybridized carbons (Fsp3) is 0.333. The van der Waals surface area contributed by atoms with Crippen LogP contribution in [0.25, 0.3) is 0 Å². The van der Waals surface area contributed by atoms with Crippen LogP contribution in [0.3, 0.4) is 0 Å². The highest BCUT2D eigenvalue weighted by atomic mass is 79.9. The molecule has 2 aromatic heterocycles. The van der Waals surface area contributed by atoms with Crippen molar-refractivity contribution in [2.24, 2.45) is 0 Å². The number of aryl methyl sites for hydroxylation is 1. The SMILES string of the molecule is CCNC(c1cc(Br)c(C)s1)c1cc(Cl)sc1Cl. The van der Waals surface area contributed by atoms with Crippen LogP contribution in [-0.2, 0) is 0 Å². The predicted molar refractivity (Wildman–Crippen MR) is 86.6 cm³/mol. The number of hydrogen-bond acceptors (Lipinski definition) is 3. The van der Waals surface area contributed by atoms with Crippen molar-refractivity contribution in [1.29, 1.82) is 0 Å². The number of hydrogen-bond donors (Lipinski definition) is 1. The molecule has 98 valence electrons. The average molecular weight is 385 g/mol. The highest BCUT2D eigenvalue weighted by Gasteiger charge is 2.21. The molecule has 1 N–H and O–H groups in total. The van der Waals surface area contributed by atoms with Gasteiger partial charge < -0.3 is 5.32 Å². The van der Waals surface area contributed by atoms with E-state index >= 15 is 0 Å². The molecule has 0 saturated carbocycles. The van der Waals surface area contributed by atoms with Crippen LogP contribution < -0.4 is 5.32 Å². The third-order valence-corrected chi connectivity index (χ3v) is 6.28. The summed E-state index contributed by atoms with van der Waals surface area (Å²) in [5.41, 5.74) is 1.06. The second kappa shape index (κ2) is 6.25. The van der Waals surface area contributed by atoms with Crippen molar-refractivity contribution >= 4 is 61.8 Å². The molecule has 18 heavy (non-hydrogen) atoms. The van der Waals surface area contributed by atoms with E-state index in [1.54, 1.807) is 11.3 Å². The van der Waals surface area contributed by atoms with Crippen molar-refractivity contribution in [2.45, 2.75) is 19.9 Å². The van der Waals surface area contributed by atoms with E-state index < -0.39 is 0 Å². The summed E-state index contributed by atoms with van der Waals surface area (Å²) in [6.45, 7) is 5.07. The largest absolute Gasteiger partial charge is 0.306 e. The van der Waals surface area contributed by atoms with Gasteiger partial charge in [0.1, 0.15) is 0 Å². The quantitative estimate of drug-likeness (QED) is 0.693. The van der Waals surface area contributed by atoms with E-state index in [0.29, 0.717) is 0 Å². The molecule has 0 saturated heterocycles. The van der Waals surface area contributed by atoms with Crippen molar-refractivity contribution in [3.63, 3.8) is 0 Å². The van der Waals surface area contributed by atoms with Crippen molar-refractivity contribution in [1.82, 2.24) is 5.32 Å². The minimum Gasteiger partial charge on any atom is -0.306 e. The summed E-state index contributed by atoms with van der Waals surface area (Å²) < 4.78 is 2.63. The molecule has 0 aromatic carbocycles. The Hall–Kier alpha value is 0.420. The highest BCUT2D eigenvalue weighted by molar-refractivity contribution is 9.10. The third-order valence-electron chi connectivity index (χ3n) is 2.56. The molecule has 1 atom stereocenters. The van der Waals surface area contributed by atoms with Gasteiger partial charge in [-0.1, -0.05) is 30.1 Å². The molecular weight excluding hydrogens is 373 g/mol. The Balaban J connectivity index is 2.42. The lowest BCUT2D eigenvalue weighted by atomic mass is 10.1. The van der Waals surface area contributed by atoms with Crippen molar-refractivity contribution < 1.29 is 0 Å². The van der Waals surface area contributed by atoms with Gasteiger partial charge in [0.25, 0.3) is 0 Å². The predicted octanol–water partition coefficient (Wildman–Crippen LogP) is 5.89. The zero-order valence-corrected chi connectivity index (χ0v) is 14.6. The van der Waals surface area contributed by atoms with Crippen LogP contribution >= 0.6 is 61.8 Å². The summed E-state index contributed by atoms with van der Waals surface area (Å²) in [5.74, 6) is 0. The first-order valence-corrected chi connectivity index (χ1v) is 8.65. The number of rotatable bonds is 4. The lowest BCUT2D eigenvalue weighted by Crippen LogP contribution is -2.20. The van der Waals surface area contributed by atoms with Crippen LogP contribution in [-0.4, -0.2) is 6.54 Å². The number of nitrogens with one attached hydrogen (secondary N) is 1. The lowest BCUT2D eigenvalue weighted by molar-refractivity contribution is 0.641. The fourth-order valence-electron chi connectivity index (χ4n) is 1.74. The fourth-order valence-corrected chi connectivity index (χ4v) is 4.93. The van der Waals surface area contributed by atoms with Crippen LogP contribution in [0.15, 0.2) is 16.6 Å². The van der Waals surface area contributed by atoms with Gasteiger partial charge in [0, 0.05) is 19.8 Å². The Kier molecular flexibility index (Phi) is 5.14. The van der Waals surface area contributed by atoms with Crippen molar-refractivity contribution in [2.75, 3.05) is 6.54 Å². The smallest absolute Gasteiger partial charge is 0.0995 e. The summed E-state index contributed by atoms with van der Waals surface area (Å²) in [4.78, 5) is 2.52. The van der Waals surface area contributed by atoms with E-state index in [-0.39, 0.29) is 6.04 Å². The highest BCUT2D eigenvalue weighted by Crippen LogP contribution is 2.40. The normalized spacial score (nSPS) is 12.9. The molecule has 0 aliphatic rings. The van der Waals surface area contributed by atoms with Gasteiger partial charge in [-0.3, -0.25) is 0 Å². The van der Waals surface area contributed by atoms with Gasteiger partial charge in [0.2, 0.25) is 0 Å². The zero-order valence-electron chi connectivity index (χ0n) is 9.89. The molecule has 0 radical (unpaired) electrons. The minimum absolute atomic E-state index is 0.112. The van der Waals surface area contributed by atoms with Gasteiger partial charge in [0.15, 0.2) is 0 Å². The first-order valence-electron chi connectivity index (χ1n) is 5.46. The minimum atomic E-state index is 0.112. The first kappa shape index (κ1) is 14.8. The molecule has 0 fully saturated rings. The van der Waals surface area contributed by atoms with Gasteiger partial charge in [-0.15, -0.1) is 22.7 Å². The van der Waals surface area contributed by atoms with Crippen LogP contribution in [0.4, 0.5) is 0 Å². The maximum absolute atomic E-state index is 6.26. The third kappa shape index (κ3) is 3.11. The molecule has 0 aliphatic heterocycles. The van der Waals surface area contributed by atoms with E-state index in [4.69, 9.17) is 23.2 Å². The molecule has 6 heteroatoms. The van der Waals surface area contributed by atoms with E-state index in [1.165, 1.54) is 21.1 Å². The second-order valence-corrected chi connectivity index (χ2v) is 8.25. The average Bonchev–Trinajstić information content (AvgIpc) is 2.79. The summed E-state index contributed by atoms with van der Waals surface area (Å²) in [6, 6.07) is 4.21.